The maximum Gasteiger partial charge on any atom is 0.344 e. The summed E-state index contributed by atoms with van der Waals surface area (Å²) in [5.41, 5.74) is 1.57. The minimum Gasteiger partial charge on any atom is -0.479 e. The highest BCUT2D eigenvalue weighted by molar-refractivity contribution is 5.95. The van der Waals surface area contributed by atoms with Crippen LogP contribution in [0.15, 0.2) is 18.2 Å². The van der Waals surface area contributed by atoms with Gasteiger partial charge in [-0.1, -0.05) is 12.1 Å². The number of carboxylic acids is 1. The van der Waals surface area contributed by atoms with Gasteiger partial charge in [-0.25, -0.2) is 4.79 Å². The smallest absolute Gasteiger partial charge is 0.344 e. The van der Waals surface area contributed by atoms with Gasteiger partial charge >= 0.3 is 5.97 Å². The molecule has 0 fully saturated rings. The zero-order valence-electron chi connectivity index (χ0n) is 9.40. The van der Waals surface area contributed by atoms with Gasteiger partial charge in [-0.2, -0.15) is 0 Å². The average Bonchev–Trinajstić information content (AvgIpc) is 2.29. The predicted molar refractivity (Wildman–Crippen MR) is 61.1 cm³/mol. The lowest BCUT2D eigenvalue weighted by atomic mass is 10.0. The maximum absolute atomic E-state index is 11.3. The number of para-hydroxylation sites is 1. The number of anilines is 1. The van der Waals surface area contributed by atoms with E-state index >= 15 is 0 Å². The van der Waals surface area contributed by atoms with Gasteiger partial charge in [-0.05, 0) is 25.0 Å². The Morgan fingerprint density at radius 2 is 2.24 bits per heavy atom. The fraction of sp³-hybridized carbons (Fsp3) is 0.333. The molecular weight excluding hydrogens is 222 g/mol. The zero-order chi connectivity index (χ0) is 12.4. The van der Waals surface area contributed by atoms with Crippen molar-refractivity contribution in [3.63, 3.8) is 0 Å². The summed E-state index contributed by atoms with van der Waals surface area (Å²) in [6.07, 6.45) is 0.158. The number of carbonyl (C=O) groups is 2. The van der Waals surface area contributed by atoms with Crippen LogP contribution < -0.4 is 10.1 Å². The molecule has 2 rings (SSSR count). The van der Waals surface area contributed by atoms with Crippen molar-refractivity contribution in [1.82, 2.24) is 0 Å². The van der Waals surface area contributed by atoms with Crippen LogP contribution in [0.3, 0.4) is 0 Å². The Hall–Kier alpha value is -2.04. The van der Waals surface area contributed by atoms with Gasteiger partial charge in [0, 0.05) is 6.42 Å². The summed E-state index contributed by atoms with van der Waals surface area (Å²) in [5, 5.41) is 11.5. The third kappa shape index (κ3) is 2.38. The fourth-order valence-corrected chi connectivity index (χ4v) is 1.72. The van der Waals surface area contributed by atoms with Crippen LogP contribution in [0.25, 0.3) is 0 Å². The maximum atomic E-state index is 11.3. The molecule has 0 aliphatic carbocycles. The van der Waals surface area contributed by atoms with Gasteiger partial charge in [-0.3, -0.25) is 4.79 Å². The van der Waals surface area contributed by atoms with Crippen LogP contribution in [0.1, 0.15) is 18.9 Å². The highest BCUT2D eigenvalue weighted by atomic mass is 16.5. The molecule has 5 nitrogen and oxygen atoms in total. The number of carboxylic acid groups (broad SMARTS) is 1. The monoisotopic (exact) mass is 235 g/mol. The summed E-state index contributed by atoms with van der Waals surface area (Å²) in [6.45, 7) is 1.45. The first-order valence-corrected chi connectivity index (χ1v) is 5.39. The molecule has 1 unspecified atom stereocenters. The van der Waals surface area contributed by atoms with Gasteiger partial charge in [0.15, 0.2) is 6.10 Å². The standard InChI is InChI=1S/C12H13NO4/c1-7(12(15)16)17-9-4-2-3-8-5-6-10(14)13-11(8)9/h2-4,7H,5-6H2,1H3,(H,13,14)(H,15,16). The van der Waals surface area contributed by atoms with Crippen LogP contribution in [-0.4, -0.2) is 23.1 Å². The van der Waals surface area contributed by atoms with E-state index in [-0.39, 0.29) is 5.91 Å². The molecule has 17 heavy (non-hydrogen) atoms. The molecule has 0 spiro atoms. The van der Waals surface area contributed by atoms with Gasteiger partial charge in [0.1, 0.15) is 5.75 Å². The lowest BCUT2D eigenvalue weighted by molar-refractivity contribution is -0.144. The van der Waals surface area contributed by atoms with Gasteiger partial charge in [0.25, 0.3) is 0 Å². The van der Waals surface area contributed by atoms with E-state index in [1.54, 1.807) is 12.1 Å². The summed E-state index contributed by atoms with van der Waals surface area (Å²) in [6, 6.07) is 5.34. The molecule has 0 radical (unpaired) electrons. The van der Waals surface area contributed by atoms with Crippen molar-refractivity contribution in [1.29, 1.82) is 0 Å². The summed E-state index contributed by atoms with van der Waals surface area (Å²) >= 11 is 0. The van der Waals surface area contributed by atoms with Crippen LogP contribution >= 0.6 is 0 Å². The van der Waals surface area contributed by atoms with Crippen LogP contribution in [0.2, 0.25) is 0 Å². The van der Waals surface area contributed by atoms with E-state index in [9.17, 15) is 9.59 Å². The highest BCUT2D eigenvalue weighted by Crippen LogP contribution is 2.32. The second kappa shape index (κ2) is 4.45. The van der Waals surface area contributed by atoms with Crippen molar-refractivity contribution < 1.29 is 19.4 Å². The first-order chi connectivity index (χ1) is 8.08. The second-order valence-corrected chi connectivity index (χ2v) is 3.94. The van der Waals surface area contributed by atoms with E-state index in [2.05, 4.69) is 5.32 Å². The number of aryl methyl sites for hydroxylation is 1. The summed E-state index contributed by atoms with van der Waals surface area (Å²) in [7, 11) is 0. The molecule has 2 N–H and O–H groups in total. The largest absolute Gasteiger partial charge is 0.479 e. The van der Waals surface area contributed by atoms with Crippen molar-refractivity contribution >= 4 is 17.6 Å². The molecule has 1 aliphatic rings. The Balaban J connectivity index is 2.29. The van der Waals surface area contributed by atoms with Crippen LogP contribution in [0.5, 0.6) is 5.75 Å². The molecule has 1 amide bonds. The van der Waals surface area contributed by atoms with Crippen molar-refractivity contribution in [2.45, 2.75) is 25.9 Å². The third-order valence-electron chi connectivity index (χ3n) is 2.65. The van der Waals surface area contributed by atoms with Crippen molar-refractivity contribution in [3.05, 3.63) is 23.8 Å². The predicted octanol–water partition coefficient (Wildman–Crippen LogP) is 1.42. The van der Waals surface area contributed by atoms with Gasteiger partial charge in [-0.15, -0.1) is 0 Å². The Morgan fingerprint density at radius 1 is 1.47 bits per heavy atom. The number of benzene rings is 1. The molecule has 90 valence electrons. The number of ether oxygens (including phenoxy) is 1. The van der Waals surface area contributed by atoms with Crippen LogP contribution in [0, 0.1) is 0 Å². The minimum absolute atomic E-state index is 0.0727. The van der Waals surface area contributed by atoms with E-state index in [0.717, 1.165) is 5.56 Å². The molecule has 1 aromatic rings. The zero-order valence-corrected chi connectivity index (χ0v) is 9.40. The number of amides is 1. The molecular formula is C12H13NO4. The Morgan fingerprint density at radius 3 is 2.94 bits per heavy atom. The molecule has 5 heteroatoms. The summed E-state index contributed by atoms with van der Waals surface area (Å²) in [4.78, 5) is 22.0. The third-order valence-corrected chi connectivity index (χ3v) is 2.65. The van der Waals surface area contributed by atoms with Crippen molar-refractivity contribution in [3.8, 4) is 5.75 Å². The Bertz CT molecular complexity index is 470. The Kier molecular flexibility index (Phi) is 2.99. The fourth-order valence-electron chi connectivity index (χ4n) is 1.72. The molecule has 0 saturated carbocycles. The van der Waals surface area contributed by atoms with E-state index in [4.69, 9.17) is 9.84 Å². The highest BCUT2D eigenvalue weighted by Gasteiger charge is 2.21. The minimum atomic E-state index is -1.04. The van der Waals surface area contributed by atoms with Gasteiger partial charge in [0.2, 0.25) is 5.91 Å². The number of carbonyl (C=O) groups excluding carboxylic acids is 1. The molecule has 0 bridgehead atoms. The SMILES string of the molecule is CC(Oc1cccc2c1NC(=O)CC2)C(=O)O. The molecule has 1 atom stereocenters. The first-order valence-electron chi connectivity index (χ1n) is 5.39. The number of fused-ring (bicyclic) bond motifs is 1. The quantitative estimate of drug-likeness (QED) is 0.830. The topological polar surface area (TPSA) is 75.6 Å². The summed E-state index contributed by atoms with van der Waals surface area (Å²) in [5.74, 6) is -0.702. The molecule has 1 aromatic carbocycles. The van der Waals surface area contributed by atoms with E-state index in [1.165, 1.54) is 6.92 Å². The van der Waals surface area contributed by atoms with E-state index < -0.39 is 12.1 Å². The molecule has 1 aliphatic heterocycles. The first kappa shape index (κ1) is 11.4. The van der Waals surface area contributed by atoms with Crippen molar-refractivity contribution in [2.24, 2.45) is 0 Å². The second-order valence-electron chi connectivity index (χ2n) is 3.94. The van der Waals surface area contributed by atoms with Crippen LogP contribution in [0.4, 0.5) is 5.69 Å². The average molecular weight is 235 g/mol. The summed E-state index contributed by atoms with van der Waals surface area (Å²) < 4.78 is 5.31. The molecule has 1 heterocycles. The van der Waals surface area contributed by atoms with E-state index in [0.29, 0.717) is 24.3 Å². The van der Waals surface area contributed by atoms with E-state index in [1.807, 2.05) is 6.07 Å². The number of hydrogen-bond acceptors (Lipinski definition) is 3. The van der Waals surface area contributed by atoms with Gasteiger partial charge < -0.3 is 15.2 Å². The van der Waals surface area contributed by atoms with Crippen LogP contribution in [-0.2, 0) is 16.0 Å². The number of hydrogen-bond donors (Lipinski definition) is 2. The normalized spacial score (nSPS) is 15.7. The lowest BCUT2D eigenvalue weighted by Gasteiger charge is -2.21. The molecule has 0 aromatic heterocycles. The Labute approximate surface area is 98.4 Å². The lowest BCUT2D eigenvalue weighted by Crippen LogP contribution is -2.25. The number of aliphatic carboxylic acids is 1. The number of nitrogens with one attached hydrogen (secondary N) is 1. The van der Waals surface area contributed by atoms with Crippen molar-refractivity contribution in [2.75, 3.05) is 5.32 Å². The number of rotatable bonds is 3. The molecule has 0 saturated heterocycles. The van der Waals surface area contributed by atoms with Gasteiger partial charge in [0.05, 0.1) is 5.69 Å².